The van der Waals surface area contributed by atoms with E-state index in [1.54, 1.807) is 0 Å². The fraction of sp³-hybridized carbons (Fsp3) is 0.400. The third-order valence-corrected chi connectivity index (χ3v) is 1.87. The van der Waals surface area contributed by atoms with Gasteiger partial charge in [-0.05, 0) is 12.0 Å². The topological polar surface area (TPSA) is 29.4 Å². The van der Waals surface area contributed by atoms with Gasteiger partial charge in [-0.25, -0.2) is 0 Å². The maximum Gasteiger partial charge on any atom is 0.117 e. The summed E-state index contributed by atoms with van der Waals surface area (Å²) in [4.78, 5) is 10.4. The Balaban J connectivity index is 2.73. The molecule has 0 aromatic heterocycles. The lowest BCUT2D eigenvalue weighted by Gasteiger charge is -2.06. The molecule has 0 aliphatic heterocycles. The van der Waals surface area contributed by atoms with Crippen molar-refractivity contribution in [3.63, 3.8) is 0 Å². The maximum atomic E-state index is 10.4. The average Bonchev–Trinajstić information content (AvgIpc) is 2.15. The van der Waals surface area contributed by atoms with Gasteiger partial charge in [-0.3, -0.25) is 0 Å². The van der Waals surface area contributed by atoms with E-state index in [1.165, 1.54) is 0 Å². The van der Waals surface area contributed by atoms with Crippen LogP contribution in [0.3, 0.4) is 0 Å². The van der Waals surface area contributed by atoms with Crippen molar-refractivity contribution in [3.05, 3.63) is 40.8 Å². The van der Waals surface area contributed by atoms with Crippen molar-refractivity contribution in [2.75, 3.05) is 0 Å². The third kappa shape index (κ3) is 2.16. The van der Waals surface area contributed by atoms with E-state index in [-0.39, 0.29) is 6.04 Å². The normalized spacial score (nSPS) is 12.4. The van der Waals surface area contributed by atoms with Crippen LogP contribution in [-0.4, -0.2) is 0 Å². The molecular formula is C10H13NO. The Morgan fingerprint density at radius 3 is 2.50 bits per heavy atom. The van der Waals surface area contributed by atoms with Crippen LogP contribution in [0.15, 0.2) is 35.5 Å². The van der Waals surface area contributed by atoms with E-state index in [9.17, 15) is 4.91 Å². The minimum Gasteiger partial charge on any atom is -0.150 e. The molecule has 0 heterocycles. The van der Waals surface area contributed by atoms with Gasteiger partial charge in [0.05, 0.1) is 0 Å². The molecule has 0 aliphatic carbocycles. The van der Waals surface area contributed by atoms with Gasteiger partial charge in [0.1, 0.15) is 6.04 Å². The molecule has 0 bridgehead atoms. The third-order valence-electron chi connectivity index (χ3n) is 1.87. The van der Waals surface area contributed by atoms with Crippen molar-refractivity contribution in [1.82, 2.24) is 0 Å². The lowest BCUT2D eigenvalue weighted by molar-refractivity contribution is 0.636. The van der Waals surface area contributed by atoms with E-state index in [0.717, 1.165) is 18.4 Å². The number of nitroso groups, excluding NO2 is 1. The lowest BCUT2D eigenvalue weighted by Crippen LogP contribution is -1.92. The van der Waals surface area contributed by atoms with Gasteiger partial charge in [0.25, 0.3) is 0 Å². The summed E-state index contributed by atoms with van der Waals surface area (Å²) in [6.07, 6.45) is 1.83. The van der Waals surface area contributed by atoms with Crippen LogP contribution in [0, 0.1) is 4.91 Å². The average molecular weight is 163 g/mol. The summed E-state index contributed by atoms with van der Waals surface area (Å²) in [5, 5.41) is 3.10. The molecule has 1 atom stereocenters. The quantitative estimate of drug-likeness (QED) is 0.626. The number of rotatable bonds is 4. The fourth-order valence-corrected chi connectivity index (χ4v) is 1.23. The molecule has 0 aliphatic rings. The second kappa shape index (κ2) is 4.65. The van der Waals surface area contributed by atoms with Gasteiger partial charge in [-0.2, -0.15) is 4.91 Å². The minimum atomic E-state index is -0.156. The monoisotopic (exact) mass is 163 g/mol. The number of hydrogen-bond acceptors (Lipinski definition) is 2. The zero-order valence-electron chi connectivity index (χ0n) is 7.23. The molecule has 0 radical (unpaired) electrons. The van der Waals surface area contributed by atoms with Crippen LogP contribution in [-0.2, 0) is 0 Å². The van der Waals surface area contributed by atoms with Crippen LogP contribution < -0.4 is 0 Å². The summed E-state index contributed by atoms with van der Waals surface area (Å²) < 4.78 is 0. The Morgan fingerprint density at radius 2 is 2.00 bits per heavy atom. The van der Waals surface area contributed by atoms with E-state index in [2.05, 4.69) is 12.1 Å². The number of nitrogens with zero attached hydrogens (tertiary/aromatic N) is 1. The molecule has 0 amide bonds. The molecule has 1 aromatic rings. The molecule has 12 heavy (non-hydrogen) atoms. The maximum absolute atomic E-state index is 10.4. The van der Waals surface area contributed by atoms with Crippen LogP contribution >= 0.6 is 0 Å². The van der Waals surface area contributed by atoms with Crippen LogP contribution in [0.1, 0.15) is 31.4 Å². The Bertz CT molecular complexity index is 233. The molecule has 0 spiro atoms. The molecule has 0 saturated carbocycles. The van der Waals surface area contributed by atoms with Crippen LogP contribution in [0.2, 0.25) is 0 Å². The summed E-state index contributed by atoms with van der Waals surface area (Å²) in [5.74, 6) is 0. The van der Waals surface area contributed by atoms with E-state index in [4.69, 9.17) is 0 Å². The summed E-state index contributed by atoms with van der Waals surface area (Å²) in [7, 11) is 0. The first-order valence-corrected chi connectivity index (χ1v) is 4.26. The highest BCUT2D eigenvalue weighted by Gasteiger charge is 2.08. The molecule has 2 nitrogen and oxygen atoms in total. The van der Waals surface area contributed by atoms with Crippen molar-refractivity contribution in [1.29, 1.82) is 0 Å². The van der Waals surface area contributed by atoms with Gasteiger partial charge < -0.3 is 0 Å². The molecule has 0 N–H and O–H groups in total. The van der Waals surface area contributed by atoms with Crippen molar-refractivity contribution in [2.24, 2.45) is 5.18 Å². The predicted molar refractivity (Wildman–Crippen MR) is 49.9 cm³/mol. The van der Waals surface area contributed by atoms with Gasteiger partial charge in [0.15, 0.2) is 0 Å². The Kier molecular flexibility index (Phi) is 3.45. The zero-order valence-corrected chi connectivity index (χ0v) is 7.23. The first-order chi connectivity index (χ1) is 5.88. The molecule has 64 valence electrons. The van der Waals surface area contributed by atoms with Gasteiger partial charge >= 0.3 is 0 Å². The first kappa shape index (κ1) is 8.91. The molecule has 0 unspecified atom stereocenters. The van der Waals surface area contributed by atoms with Crippen molar-refractivity contribution >= 4 is 0 Å². The highest BCUT2D eigenvalue weighted by atomic mass is 16.3. The van der Waals surface area contributed by atoms with Crippen LogP contribution in [0.4, 0.5) is 0 Å². The summed E-state index contributed by atoms with van der Waals surface area (Å²) in [5.41, 5.74) is 1.02. The van der Waals surface area contributed by atoms with E-state index in [0.29, 0.717) is 0 Å². The van der Waals surface area contributed by atoms with Crippen molar-refractivity contribution in [3.8, 4) is 0 Å². The van der Waals surface area contributed by atoms with Gasteiger partial charge in [-0.15, -0.1) is 0 Å². The van der Waals surface area contributed by atoms with Gasteiger partial charge in [-0.1, -0.05) is 48.9 Å². The molecule has 2 heteroatoms. The van der Waals surface area contributed by atoms with Gasteiger partial charge in [0.2, 0.25) is 0 Å². The summed E-state index contributed by atoms with van der Waals surface area (Å²) in [6, 6.07) is 9.55. The summed E-state index contributed by atoms with van der Waals surface area (Å²) >= 11 is 0. The molecule has 1 aromatic carbocycles. The highest BCUT2D eigenvalue weighted by molar-refractivity contribution is 5.18. The second-order valence-corrected chi connectivity index (χ2v) is 2.82. The Morgan fingerprint density at radius 1 is 1.33 bits per heavy atom. The Hall–Kier alpha value is -1.18. The van der Waals surface area contributed by atoms with Crippen molar-refractivity contribution < 1.29 is 0 Å². The van der Waals surface area contributed by atoms with E-state index in [1.807, 2.05) is 30.3 Å². The minimum absolute atomic E-state index is 0.156. The number of hydrogen-bond donors (Lipinski definition) is 0. The van der Waals surface area contributed by atoms with E-state index >= 15 is 0 Å². The smallest absolute Gasteiger partial charge is 0.117 e. The first-order valence-electron chi connectivity index (χ1n) is 4.26. The van der Waals surface area contributed by atoms with Crippen LogP contribution in [0.25, 0.3) is 0 Å². The largest absolute Gasteiger partial charge is 0.150 e. The Labute approximate surface area is 72.6 Å². The molecule has 1 rings (SSSR count). The SMILES string of the molecule is CCC[C@@H](N=O)c1ccccc1. The fourth-order valence-electron chi connectivity index (χ4n) is 1.23. The standard InChI is InChI=1S/C10H13NO/c1-2-6-10(11-12)9-7-4-3-5-8-9/h3-5,7-8,10H,2,6H2,1H3/t10-/m1/s1. The second-order valence-electron chi connectivity index (χ2n) is 2.82. The zero-order chi connectivity index (χ0) is 8.81. The summed E-state index contributed by atoms with van der Waals surface area (Å²) in [6.45, 7) is 2.06. The van der Waals surface area contributed by atoms with Crippen LogP contribution in [0.5, 0.6) is 0 Å². The van der Waals surface area contributed by atoms with Gasteiger partial charge in [0, 0.05) is 0 Å². The van der Waals surface area contributed by atoms with Crippen molar-refractivity contribution in [2.45, 2.75) is 25.8 Å². The van der Waals surface area contributed by atoms with E-state index < -0.39 is 0 Å². The predicted octanol–water partition coefficient (Wildman–Crippen LogP) is 3.29. The lowest BCUT2D eigenvalue weighted by atomic mass is 10.0. The highest BCUT2D eigenvalue weighted by Crippen LogP contribution is 2.21. The molecule has 0 fully saturated rings. The number of benzene rings is 1. The molecule has 0 saturated heterocycles. The molecular weight excluding hydrogens is 150 g/mol.